The first-order valence-corrected chi connectivity index (χ1v) is 12.7. The summed E-state index contributed by atoms with van der Waals surface area (Å²) < 4.78 is 2.05. The summed E-state index contributed by atoms with van der Waals surface area (Å²) in [5.74, 6) is 1.65. The minimum atomic E-state index is 0.128. The molecular formula is C24H21ClN4OS2. The Morgan fingerprint density at radius 2 is 1.84 bits per heavy atom. The summed E-state index contributed by atoms with van der Waals surface area (Å²) in [5, 5.41) is 12.4. The number of hydrogen-bond donors (Lipinski definition) is 0. The number of carbonyl (C=O) groups excluding carboxylic acids is 1. The smallest absolute Gasteiger partial charge is 0.253 e. The molecule has 2 aromatic heterocycles. The van der Waals surface area contributed by atoms with Gasteiger partial charge in [0.05, 0.1) is 10.6 Å². The van der Waals surface area contributed by atoms with Crippen molar-refractivity contribution in [2.45, 2.75) is 23.8 Å². The van der Waals surface area contributed by atoms with E-state index < -0.39 is 0 Å². The Balaban J connectivity index is 1.37. The highest BCUT2D eigenvalue weighted by molar-refractivity contribution is 7.98. The molecule has 2 aromatic carbocycles. The molecule has 3 heterocycles. The number of hydrogen-bond acceptors (Lipinski definition) is 5. The van der Waals surface area contributed by atoms with E-state index in [1.54, 1.807) is 23.1 Å². The number of halogens is 1. The SMILES string of the molecule is O=C(c1ccc(CSc2nnc(-c3cccs3)n2-c2cccc(Cl)c2)cc1)N1CCCC1. The van der Waals surface area contributed by atoms with E-state index in [9.17, 15) is 4.79 Å². The van der Waals surface area contributed by atoms with Crippen LogP contribution >= 0.6 is 34.7 Å². The average molecular weight is 481 g/mol. The van der Waals surface area contributed by atoms with Gasteiger partial charge in [-0.2, -0.15) is 0 Å². The Bertz CT molecular complexity index is 1220. The second-order valence-electron chi connectivity index (χ2n) is 7.58. The molecule has 4 aromatic rings. The largest absolute Gasteiger partial charge is 0.339 e. The van der Waals surface area contributed by atoms with Crippen molar-refractivity contribution >= 4 is 40.6 Å². The van der Waals surface area contributed by atoms with Gasteiger partial charge in [0.25, 0.3) is 5.91 Å². The van der Waals surface area contributed by atoms with E-state index in [1.807, 2.05) is 75.5 Å². The predicted octanol–water partition coefficient (Wildman–Crippen LogP) is 6.18. The molecule has 5 rings (SSSR count). The fourth-order valence-electron chi connectivity index (χ4n) is 3.77. The summed E-state index contributed by atoms with van der Waals surface area (Å²) in [5.41, 5.74) is 2.81. The Morgan fingerprint density at radius 3 is 2.56 bits per heavy atom. The van der Waals surface area contributed by atoms with Gasteiger partial charge in [0, 0.05) is 29.4 Å². The van der Waals surface area contributed by atoms with Crippen LogP contribution in [0.15, 0.2) is 71.2 Å². The third-order valence-corrected chi connectivity index (χ3v) is 7.50. The molecule has 1 saturated heterocycles. The Kier molecular flexibility index (Phi) is 6.30. The standard InChI is InChI=1S/C24H21ClN4OS2/c25-19-5-3-6-20(15-19)29-22(21-7-4-14-31-21)26-27-24(29)32-16-17-8-10-18(11-9-17)23(30)28-12-1-2-13-28/h3-11,14-15H,1-2,12-13,16H2. The van der Waals surface area contributed by atoms with Crippen LogP contribution in [-0.2, 0) is 5.75 Å². The van der Waals surface area contributed by atoms with Crippen LogP contribution in [0.3, 0.4) is 0 Å². The second-order valence-corrected chi connectivity index (χ2v) is 9.91. The summed E-state index contributed by atoms with van der Waals surface area (Å²) in [6.07, 6.45) is 2.20. The fourth-order valence-corrected chi connectivity index (χ4v) is 5.56. The third kappa shape index (κ3) is 4.46. The first kappa shape index (κ1) is 21.2. The van der Waals surface area contributed by atoms with Crippen molar-refractivity contribution in [3.8, 4) is 16.4 Å². The molecule has 0 aliphatic carbocycles. The van der Waals surface area contributed by atoms with E-state index in [2.05, 4.69) is 10.2 Å². The molecule has 1 fully saturated rings. The molecule has 1 amide bonds. The van der Waals surface area contributed by atoms with Crippen LogP contribution in [0.2, 0.25) is 5.02 Å². The van der Waals surface area contributed by atoms with Gasteiger partial charge in [-0.05, 0) is 60.2 Å². The topological polar surface area (TPSA) is 51.0 Å². The van der Waals surface area contributed by atoms with Gasteiger partial charge >= 0.3 is 0 Å². The minimum absolute atomic E-state index is 0.128. The van der Waals surface area contributed by atoms with E-state index >= 15 is 0 Å². The Hall–Kier alpha value is -2.61. The molecule has 8 heteroatoms. The number of likely N-dealkylation sites (tertiary alicyclic amines) is 1. The van der Waals surface area contributed by atoms with E-state index in [1.165, 1.54) is 0 Å². The molecule has 0 unspecified atom stereocenters. The maximum Gasteiger partial charge on any atom is 0.253 e. The lowest BCUT2D eigenvalue weighted by Gasteiger charge is -2.15. The van der Waals surface area contributed by atoms with Gasteiger partial charge < -0.3 is 4.90 Å². The summed E-state index contributed by atoms with van der Waals surface area (Å²) >= 11 is 9.51. The van der Waals surface area contributed by atoms with Crippen molar-refractivity contribution in [2.75, 3.05) is 13.1 Å². The maximum atomic E-state index is 12.6. The van der Waals surface area contributed by atoms with Gasteiger partial charge in [-0.3, -0.25) is 9.36 Å². The van der Waals surface area contributed by atoms with Gasteiger partial charge in [0.2, 0.25) is 0 Å². The number of carbonyl (C=O) groups is 1. The van der Waals surface area contributed by atoms with E-state index in [-0.39, 0.29) is 5.91 Å². The number of rotatable bonds is 6. The van der Waals surface area contributed by atoms with Crippen LogP contribution in [0.25, 0.3) is 16.4 Å². The number of aromatic nitrogens is 3. The molecule has 32 heavy (non-hydrogen) atoms. The first-order valence-electron chi connectivity index (χ1n) is 10.5. The van der Waals surface area contributed by atoms with Crippen molar-refractivity contribution in [2.24, 2.45) is 0 Å². The van der Waals surface area contributed by atoms with Crippen LogP contribution < -0.4 is 0 Å². The maximum absolute atomic E-state index is 12.6. The van der Waals surface area contributed by atoms with Crippen molar-refractivity contribution in [1.29, 1.82) is 0 Å². The summed E-state index contributed by atoms with van der Waals surface area (Å²) in [6, 6.07) is 19.7. The highest BCUT2D eigenvalue weighted by Crippen LogP contribution is 2.32. The van der Waals surface area contributed by atoms with E-state index in [0.717, 1.165) is 64.4 Å². The molecule has 0 radical (unpaired) electrons. The molecule has 1 aliphatic heterocycles. The van der Waals surface area contributed by atoms with Crippen molar-refractivity contribution in [3.63, 3.8) is 0 Å². The predicted molar refractivity (Wildman–Crippen MR) is 131 cm³/mol. The molecule has 162 valence electrons. The summed E-state index contributed by atoms with van der Waals surface area (Å²) in [4.78, 5) is 15.6. The third-order valence-electron chi connectivity index (χ3n) is 5.40. The lowest BCUT2D eigenvalue weighted by Crippen LogP contribution is -2.27. The van der Waals surface area contributed by atoms with Crippen LogP contribution in [0.4, 0.5) is 0 Å². The zero-order chi connectivity index (χ0) is 21.9. The number of amides is 1. The molecular weight excluding hydrogens is 460 g/mol. The highest BCUT2D eigenvalue weighted by atomic mass is 35.5. The lowest BCUT2D eigenvalue weighted by atomic mass is 10.1. The minimum Gasteiger partial charge on any atom is -0.339 e. The average Bonchev–Trinajstić information content (AvgIpc) is 3.59. The molecule has 0 saturated carbocycles. The molecule has 0 N–H and O–H groups in total. The number of nitrogens with zero attached hydrogens (tertiary/aromatic N) is 4. The van der Waals surface area contributed by atoms with Gasteiger partial charge in [0.1, 0.15) is 0 Å². The Morgan fingerprint density at radius 1 is 1.03 bits per heavy atom. The van der Waals surface area contributed by atoms with Gasteiger partial charge in [-0.15, -0.1) is 21.5 Å². The molecule has 5 nitrogen and oxygen atoms in total. The van der Waals surface area contributed by atoms with Crippen LogP contribution in [0, 0.1) is 0 Å². The summed E-state index contributed by atoms with van der Waals surface area (Å²) in [7, 11) is 0. The van der Waals surface area contributed by atoms with E-state index in [4.69, 9.17) is 11.6 Å². The Labute approximate surface area is 200 Å². The van der Waals surface area contributed by atoms with Crippen LogP contribution in [0.5, 0.6) is 0 Å². The highest BCUT2D eigenvalue weighted by Gasteiger charge is 2.20. The summed E-state index contributed by atoms with van der Waals surface area (Å²) in [6.45, 7) is 1.73. The zero-order valence-electron chi connectivity index (χ0n) is 17.3. The van der Waals surface area contributed by atoms with Crippen molar-refractivity contribution in [3.05, 3.63) is 82.2 Å². The van der Waals surface area contributed by atoms with Gasteiger partial charge in [0.15, 0.2) is 11.0 Å². The van der Waals surface area contributed by atoms with Crippen molar-refractivity contribution in [1.82, 2.24) is 19.7 Å². The lowest BCUT2D eigenvalue weighted by molar-refractivity contribution is 0.0793. The first-order chi connectivity index (χ1) is 15.7. The van der Waals surface area contributed by atoms with E-state index in [0.29, 0.717) is 5.02 Å². The van der Waals surface area contributed by atoms with Crippen LogP contribution in [0.1, 0.15) is 28.8 Å². The van der Waals surface area contributed by atoms with Crippen molar-refractivity contribution < 1.29 is 4.79 Å². The van der Waals surface area contributed by atoms with Gasteiger partial charge in [-0.25, -0.2) is 0 Å². The van der Waals surface area contributed by atoms with Crippen LogP contribution in [-0.4, -0.2) is 38.7 Å². The molecule has 0 spiro atoms. The quantitative estimate of drug-likeness (QED) is 0.309. The monoisotopic (exact) mass is 480 g/mol. The number of benzene rings is 2. The second kappa shape index (κ2) is 9.48. The molecule has 0 bridgehead atoms. The number of thiophene rings is 1. The number of thioether (sulfide) groups is 1. The fraction of sp³-hybridized carbons (Fsp3) is 0.208. The van der Waals surface area contributed by atoms with Gasteiger partial charge in [-0.1, -0.05) is 47.6 Å². The molecule has 0 atom stereocenters. The zero-order valence-corrected chi connectivity index (χ0v) is 19.7. The molecule has 1 aliphatic rings. The normalized spacial score (nSPS) is 13.6.